The molecule has 0 spiro atoms. The summed E-state index contributed by atoms with van der Waals surface area (Å²) in [6, 6.07) is 0. The lowest BCUT2D eigenvalue weighted by Gasteiger charge is -2.30. The SMILES string of the molecule is CNC(=O)C1CCN(S(=O)(=O)c2c(C)noc2C)CC1. The highest BCUT2D eigenvalue weighted by Gasteiger charge is 2.35. The van der Waals surface area contributed by atoms with Crippen molar-refractivity contribution in [2.75, 3.05) is 20.1 Å². The van der Waals surface area contributed by atoms with Gasteiger partial charge < -0.3 is 9.84 Å². The molecule has 20 heavy (non-hydrogen) atoms. The van der Waals surface area contributed by atoms with E-state index in [1.165, 1.54) is 4.31 Å². The van der Waals surface area contributed by atoms with Gasteiger partial charge in [-0.05, 0) is 26.7 Å². The van der Waals surface area contributed by atoms with Crippen LogP contribution in [0.5, 0.6) is 0 Å². The second-order valence-electron chi connectivity index (χ2n) is 4.95. The zero-order chi connectivity index (χ0) is 14.9. The maximum Gasteiger partial charge on any atom is 0.248 e. The number of nitrogens with one attached hydrogen (secondary N) is 1. The summed E-state index contributed by atoms with van der Waals surface area (Å²) in [4.78, 5) is 11.7. The molecule has 1 N–H and O–H groups in total. The van der Waals surface area contributed by atoms with Crippen molar-refractivity contribution >= 4 is 15.9 Å². The summed E-state index contributed by atoms with van der Waals surface area (Å²) in [6.45, 7) is 3.87. The minimum atomic E-state index is -3.59. The van der Waals surface area contributed by atoms with Gasteiger partial charge in [-0.25, -0.2) is 8.42 Å². The molecule has 0 aliphatic carbocycles. The summed E-state index contributed by atoms with van der Waals surface area (Å²) in [6.07, 6.45) is 1.06. The Kier molecular flexibility index (Phi) is 4.14. The molecule has 8 heteroatoms. The van der Waals surface area contributed by atoms with Gasteiger partial charge in [0.2, 0.25) is 15.9 Å². The summed E-state index contributed by atoms with van der Waals surface area (Å²) in [5, 5.41) is 6.29. The first-order chi connectivity index (χ1) is 9.37. The van der Waals surface area contributed by atoms with Gasteiger partial charge in [0.05, 0.1) is 0 Å². The van der Waals surface area contributed by atoms with Gasteiger partial charge in [0.25, 0.3) is 0 Å². The van der Waals surface area contributed by atoms with Crippen LogP contribution >= 0.6 is 0 Å². The molecule has 0 unspecified atom stereocenters. The van der Waals surface area contributed by atoms with Crippen LogP contribution in [-0.4, -0.2) is 43.9 Å². The molecular weight excluding hydrogens is 282 g/mol. The molecule has 2 rings (SSSR count). The molecule has 0 bridgehead atoms. The van der Waals surface area contributed by atoms with Crippen LogP contribution in [0.3, 0.4) is 0 Å². The highest BCUT2D eigenvalue weighted by Crippen LogP contribution is 2.27. The molecule has 0 saturated carbocycles. The van der Waals surface area contributed by atoms with Crippen molar-refractivity contribution in [3.05, 3.63) is 11.5 Å². The third-order valence-corrected chi connectivity index (χ3v) is 5.78. The Balaban J connectivity index is 2.16. The quantitative estimate of drug-likeness (QED) is 0.874. The predicted molar refractivity (Wildman–Crippen MR) is 71.5 cm³/mol. The fraction of sp³-hybridized carbons (Fsp3) is 0.667. The Morgan fingerprint density at radius 1 is 1.35 bits per heavy atom. The van der Waals surface area contributed by atoms with Crippen LogP contribution < -0.4 is 5.32 Å². The Bertz CT molecular complexity index is 581. The normalized spacial score (nSPS) is 18.1. The molecule has 0 radical (unpaired) electrons. The van der Waals surface area contributed by atoms with Crippen LogP contribution in [-0.2, 0) is 14.8 Å². The minimum Gasteiger partial charge on any atom is -0.360 e. The number of carbonyl (C=O) groups excluding carboxylic acids is 1. The third-order valence-electron chi connectivity index (χ3n) is 3.64. The second kappa shape index (κ2) is 5.53. The first kappa shape index (κ1) is 15.0. The number of aryl methyl sites for hydroxylation is 2. The van der Waals surface area contributed by atoms with E-state index in [9.17, 15) is 13.2 Å². The summed E-state index contributed by atoms with van der Waals surface area (Å²) in [5.41, 5.74) is 0.371. The zero-order valence-corrected chi connectivity index (χ0v) is 12.7. The first-order valence-corrected chi connectivity index (χ1v) is 7.96. The lowest BCUT2D eigenvalue weighted by atomic mass is 9.97. The maximum absolute atomic E-state index is 12.6. The van der Waals surface area contributed by atoms with Crippen molar-refractivity contribution in [3.8, 4) is 0 Å². The van der Waals surface area contributed by atoms with Crippen LogP contribution in [0.4, 0.5) is 0 Å². The topological polar surface area (TPSA) is 92.5 Å². The summed E-state index contributed by atoms with van der Waals surface area (Å²) < 4.78 is 31.5. The largest absolute Gasteiger partial charge is 0.360 e. The molecule has 1 aromatic rings. The molecule has 1 aliphatic heterocycles. The molecule has 1 fully saturated rings. The Morgan fingerprint density at radius 2 is 1.95 bits per heavy atom. The summed E-state index contributed by atoms with van der Waals surface area (Å²) in [7, 11) is -2.00. The second-order valence-corrected chi connectivity index (χ2v) is 6.82. The van der Waals surface area contributed by atoms with Gasteiger partial charge in [-0.2, -0.15) is 4.31 Å². The Labute approximate surface area is 118 Å². The van der Waals surface area contributed by atoms with E-state index in [0.717, 1.165) is 0 Å². The monoisotopic (exact) mass is 301 g/mol. The number of rotatable bonds is 3. The van der Waals surface area contributed by atoms with Gasteiger partial charge >= 0.3 is 0 Å². The van der Waals surface area contributed by atoms with E-state index in [2.05, 4.69) is 10.5 Å². The number of sulfonamides is 1. The van der Waals surface area contributed by atoms with Gasteiger partial charge in [0.1, 0.15) is 10.6 Å². The molecule has 7 nitrogen and oxygen atoms in total. The average Bonchev–Trinajstić information content (AvgIpc) is 2.78. The van der Waals surface area contributed by atoms with E-state index in [1.807, 2.05) is 0 Å². The number of hydrogen-bond acceptors (Lipinski definition) is 5. The van der Waals surface area contributed by atoms with E-state index < -0.39 is 10.0 Å². The lowest BCUT2D eigenvalue weighted by molar-refractivity contribution is -0.125. The average molecular weight is 301 g/mol. The van der Waals surface area contributed by atoms with Gasteiger partial charge in [0, 0.05) is 26.1 Å². The smallest absolute Gasteiger partial charge is 0.248 e. The number of amides is 1. The van der Waals surface area contributed by atoms with Crippen molar-refractivity contribution in [3.63, 3.8) is 0 Å². The zero-order valence-electron chi connectivity index (χ0n) is 11.8. The van der Waals surface area contributed by atoms with Gasteiger partial charge in [0.15, 0.2) is 5.76 Å². The molecule has 1 aliphatic rings. The minimum absolute atomic E-state index is 0.0283. The summed E-state index contributed by atoms with van der Waals surface area (Å²) in [5.74, 6) is 0.159. The Morgan fingerprint density at radius 3 is 2.40 bits per heavy atom. The third kappa shape index (κ3) is 2.57. The first-order valence-electron chi connectivity index (χ1n) is 6.52. The van der Waals surface area contributed by atoms with E-state index >= 15 is 0 Å². The maximum atomic E-state index is 12.6. The van der Waals surface area contributed by atoms with Crippen LogP contribution in [0.2, 0.25) is 0 Å². The van der Waals surface area contributed by atoms with Crippen molar-refractivity contribution in [2.45, 2.75) is 31.6 Å². The number of nitrogens with zero attached hydrogens (tertiary/aromatic N) is 2. The highest BCUT2D eigenvalue weighted by molar-refractivity contribution is 7.89. The van der Waals surface area contributed by atoms with Gasteiger partial charge in [-0.3, -0.25) is 4.79 Å². The van der Waals surface area contributed by atoms with Crippen LogP contribution in [0.25, 0.3) is 0 Å². The fourth-order valence-electron chi connectivity index (χ4n) is 2.53. The van der Waals surface area contributed by atoms with E-state index in [1.54, 1.807) is 20.9 Å². The van der Waals surface area contributed by atoms with Crippen molar-refractivity contribution in [1.29, 1.82) is 0 Å². The molecule has 1 amide bonds. The predicted octanol–water partition coefficient (Wildman–Crippen LogP) is 0.438. The molecule has 112 valence electrons. The molecule has 0 aromatic carbocycles. The number of carbonyl (C=O) groups is 1. The number of hydrogen-bond donors (Lipinski definition) is 1. The van der Waals surface area contributed by atoms with E-state index in [0.29, 0.717) is 37.4 Å². The molecule has 2 heterocycles. The molecular formula is C12H19N3O4S. The van der Waals surface area contributed by atoms with Crippen molar-refractivity contribution < 1.29 is 17.7 Å². The van der Waals surface area contributed by atoms with Crippen LogP contribution in [0, 0.1) is 19.8 Å². The standard InChI is InChI=1S/C12H19N3O4S/c1-8-11(9(2)19-14-8)20(17,18)15-6-4-10(5-7-15)12(16)13-3/h10H,4-7H2,1-3H3,(H,13,16). The Hall–Kier alpha value is -1.41. The van der Waals surface area contributed by atoms with E-state index in [4.69, 9.17) is 4.52 Å². The van der Waals surface area contributed by atoms with Gasteiger partial charge in [-0.1, -0.05) is 5.16 Å². The summed E-state index contributed by atoms with van der Waals surface area (Å²) >= 11 is 0. The van der Waals surface area contributed by atoms with Crippen molar-refractivity contribution in [2.24, 2.45) is 5.92 Å². The van der Waals surface area contributed by atoms with Crippen LogP contribution in [0.1, 0.15) is 24.3 Å². The fourth-order valence-corrected chi connectivity index (χ4v) is 4.30. The lowest BCUT2D eigenvalue weighted by Crippen LogP contribution is -2.42. The highest BCUT2D eigenvalue weighted by atomic mass is 32.2. The van der Waals surface area contributed by atoms with Crippen molar-refractivity contribution in [1.82, 2.24) is 14.8 Å². The van der Waals surface area contributed by atoms with Gasteiger partial charge in [-0.15, -0.1) is 0 Å². The van der Waals surface area contributed by atoms with Crippen LogP contribution in [0.15, 0.2) is 9.42 Å². The van der Waals surface area contributed by atoms with E-state index in [-0.39, 0.29) is 16.7 Å². The molecule has 0 atom stereocenters. The number of aromatic nitrogens is 1. The molecule has 1 aromatic heterocycles. The number of piperidine rings is 1. The molecule has 1 saturated heterocycles.